The van der Waals surface area contributed by atoms with Gasteiger partial charge in [-0.2, -0.15) is 13.2 Å². The van der Waals surface area contributed by atoms with Crippen LogP contribution in [0.5, 0.6) is 0 Å². The zero-order valence-electron chi connectivity index (χ0n) is 12.9. The highest BCUT2D eigenvalue weighted by atomic mass is 32.2. The van der Waals surface area contributed by atoms with Gasteiger partial charge < -0.3 is 5.32 Å². The molecular weight excluding hydrogens is 354 g/mol. The fourth-order valence-electron chi connectivity index (χ4n) is 1.79. The van der Waals surface area contributed by atoms with Crippen molar-refractivity contribution >= 4 is 17.7 Å². The molecule has 130 valence electrons. The molecule has 2 nitrogen and oxygen atoms in total. The normalized spacial score (nSPS) is 10.7. The van der Waals surface area contributed by atoms with Crippen LogP contribution in [-0.4, -0.2) is 18.2 Å². The molecule has 0 saturated heterocycles. The first-order valence-corrected chi connectivity index (χ1v) is 8.14. The average Bonchev–Trinajstić information content (AvgIpc) is 2.58. The van der Waals surface area contributed by atoms with E-state index in [1.54, 1.807) is 12.1 Å². The van der Waals surface area contributed by atoms with Crippen LogP contribution in [0.4, 0.5) is 17.6 Å². The van der Waals surface area contributed by atoms with Crippen molar-refractivity contribution in [1.82, 2.24) is 5.32 Å². The molecule has 0 radical (unpaired) electrons. The van der Waals surface area contributed by atoms with E-state index in [4.69, 9.17) is 0 Å². The minimum absolute atomic E-state index is 0.0268. The van der Waals surface area contributed by atoms with E-state index in [0.29, 0.717) is 0 Å². The number of carbonyl (C=O) groups excluding carboxylic acids is 1. The van der Waals surface area contributed by atoms with Crippen LogP contribution in [0.3, 0.4) is 0 Å². The fraction of sp³-hybridized carbons (Fsp3) is 0.167. The van der Waals surface area contributed by atoms with E-state index >= 15 is 0 Å². The number of amides is 1. The number of nitrogens with one attached hydrogen (secondary N) is 1. The maximum atomic E-state index is 12.8. The fourth-order valence-corrected chi connectivity index (χ4v) is 2.52. The number of hydrogen-bond donors (Lipinski definition) is 1. The van der Waals surface area contributed by atoms with Gasteiger partial charge in [-0.25, -0.2) is 4.39 Å². The summed E-state index contributed by atoms with van der Waals surface area (Å²) >= 11 is 1.24. The molecule has 2 aromatic carbocycles. The number of halogens is 4. The highest BCUT2D eigenvalue weighted by Gasteiger charge is 2.30. The molecule has 7 heteroatoms. The molecule has 0 aliphatic heterocycles. The van der Waals surface area contributed by atoms with Gasteiger partial charge in [-0.1, -0.05) is 17.9 Å². The van der Waals surface area contributed by atoms with Crippen molar-refractivity contribution in [2.75, 3.05) is 12.3 Å². The average molecular weight is 367 g/mol. The van der Waals surface area contributed by atoms with Gasteiger partial charge in [0.15, 0.2) is 0 Å². The minimum atomic E-state index is -4.41. The predicted molar refractivity (Wildman–Crippen MR) is 88.5 cm³/mol. The van der Waals surface area contributed by atoms with Crippen molar-refractivity contribution in [2.24, 2.45) is 0 Å². The smallest absolute Gasteiger partial charge is 0.344 e. The van der Waals surface area contributed by atoms with E-state index in [2.05, 4.69) is 17.2 Å². The Kier molecular flexibility index (Phi) is 6.48. The number of benzene rings is 2. The third kappa shape index (κ3) is 6.51. The summed E-state index contributed by atoms with van der Waals surface area (Å²) in [6.45, 7) is 0.0268. The summed E-state index contributed by atoms with van der Waals surface area (Å²) in [5.41, 5.74) is -0.538. The highest BCUT2D eigenvalue weighted by molar-refractivity contribution is 8.00. The summed E-state index contributed by atoms with van der Waals surface area (Å²) in [6, 6.07) is 10.4. The molecule has 1 amide bonds. The summed E-state index contributed by atoms with van der Waals surface area (Å²) in [5, 5.41) is 2.55. The van der Waals surface area contributed by atoms with Crippen molar-refractivity contribution in [3.8, 4) is 11.8 Å². The lowest BCUT2D eigenvalue weighted by Crippen LogP contribution is -2.25. The summed E-state index contributed by atoms with van der Waals surface area (Å²) in [4.78, 5) is 12.4. The zero-order valence-corrected chi connectivity index (χ0v) is 13.7. The van der Waals surface area contributed by atoms with E-state index in [1.807, 2.05) is 0 Å². The third-order valence-electron chi connectivity index (χ3n) is 2.98. The van der Waals surface area contributed by atoms with Gasteiger partial charge in [0.1, 0.15) is 5.82 Å². The maximum Gasteiger partial charge on any atom is 0.416 e. The second kappa shape index (κ2) is 8.58. The van der Waals surface area contributed by atoms with E-state index in [-0.39, 0.29) is 29.6 Å². The number of thioether (sulfide) groups is 1. The molecule has 0 spiro atoms. The van der Waals surface area contributed by atoms with E-state index in [9.17, 15) is 22.4 Å². The molecule has 0 atom stereocenters. The van der Waals surface area contributed by atoms with Crippen molar-refractivity contribution in [3.63, 3.8) is 0 Å². The van der Waals surface area contributed by atoms with Crippen LogP contribution < -0.4 is 5.32 Å². The van der Waals surface area contributed by atoms with Gasteiger partial charge in [0.2, 0.25) is 5.91 Å². The van der Waals surface area contributed by atoms with Crippen molar-refractivity contribution in [3.05, 3.63) is 65.5 Å². The molecule has 1 N–H and O–H groups in total. The van der Waals surface area contributed by atoms with Crippen LogP contribution in [0.2, 0.25) is 0 Å². The molecular formula is C18H13F4NOS. The predicted octanol–water partition coefficient (Wildman–Crippen LogP) is 4.10. The van der Waals surface area contributed by atoms with Crippen LogP contribution in [0.15, 0.2) is 53.4 Å². The van der Waals surface area contributed by atoms with Gasteiger partial charge in [-0.05, 0) is 42.5 Å². The Morgan fingerprint density at radius 2 is 1.84 bits per heavy atom. The van der Waals surface area contributed by atoms with Crippen LogP contribution >= 0.6 is 11.8 Å². The van der Waals surface area contributed by atoms with E-state index < -0.39 is 11.7 Å². The molecule has 0 fully saturated rings. The molecule has 0 aliphatic carbocycles. The van der Waals surface area contributed by atoms with E-state index in [0.717, 1.165) is 17.0 Å². The molecule has 0 bridgehead atoms. The lowest BCUT2D eigenvalue weighted by molar-refractivity contribution is -0.137. The molecule has 0 aromatic heterocycles. The van der Waals surface area contributed by atoms with Crippen LogP contribution in [-0.2, 0) is 11.0 Å². The van der Waals surface area contributed by atoms with Gasteiger partial charge in [-0.3, -0.25) is 4.79 Å². The SMILES string of the molecule is O=C(CSc1ccc(F)cc1)NCC#Cc1cccc(C(F)(F)F)c1. The monoisotopic (exact) mass is 367 g/mol. The Hall–Kier alpha value is -2.46. The first-order chi connectivity index (χ1) is 11.8. The summed E-state index contributed by atoms with van der Waals surface area (Å²) in [6.07, 6.45) is -4.41. The number of alkyl halides is 3. The Bertz CT molecular complexity index is 791. The molecule has 25 heavy (non-hydrogen) atoms. The Labute approximate surface area is 146 Å². The molecule has 0 unspecified atom stereocenters. The summed E-state index contributed by atoms with van der Waals surface area (Å²) < 4.78 is 50.5. The van der Waals surface area contributed by atoms with Crippen molar-refractivity contribution < 1.29 is 22.4 Å². The molecule has 0 saturated carbocycles. The zero-order chi connectivity index (χ0) is 18.3. The Morgan fingerprint density at radius 1 is 1.12 bits per heavy atom. The van der Waals surface area contributed by atoms with Crippen molar-refractivity contribution in [2.45, 2.75) is 11.1 Å². The largest absolute Gasteiger partial charge is 0.416 e. The van der Waals surface area contributed by atoms with Gasteiger partial charge >= 0.3 is 6.18 Å². The second-order valence-electron chi connectivity index (χ2n) is 4.90. The number of carbonyl (C=O) groups is 1. The van der Waals surface area contributed by atoms with Gasteiger partial charge in [-0.15, -0.1) is 11.8 Å². The lowest BCUT2D eigenvalue weighted by atomic mass is 10.1. The maximum absolute atomic E-state index is 12.8. The molecule has 2 aromatic rings. The summed E-state index contributed by atoms with van der Waals surface area (Å²) in [7, 11) is 0. The molecule has 2 rings (SSSR count). The number of rotatable bonds is 4. The third-order valence-corrected chi connectivity index (χ3v) is 3.99. The molecule has 0 heterocycles. The van der Waals surface area contributed by atoms with Crippen LogP contribution in [0, 0.1) is 17.7 Å². The Morgan fingerprint density at radius 3 is 2.52 bits per heavy atom. The lowest BCUT2D eigenvalue weighted by Gasteiger charge is -2.05. The van der Waals surface area contributed by atoms with Gasteiger partial charge in [0.25, 0.3) is 0 Å². The quantitative estimate of drug-likeness (QED) is 0.501. The minimum Gasteiger partial charge on any atom is -0.344 e. The van der Waals surface area contributed by atoms with Crippen molar-refractivity contribution in [1.29, 1.82) is 0 Å². The van der Waals surface area contributed by atoms with E-state index in [1.165, 1.54) is 36.0 Å². The standard InChI is InChI=1S/C18H13F4NOS/c19-15-6-8-16(9-7-15)25-12-17(24)23-10-2-4-13-3-1-5-14(11-13)18(20,21)22/h1,3,5-9,11H,10,12H2,(H,23,24). The van der Waals surface area contributed by atoms with Gasteiger partial charge in [0.05, 0.1) is 17.9 Å². The topological polar surface area (TPSA) is 29.1 Å². The number of hydrogen-bond acceptors (Lipinski definition) is 2. The van der Waals surface area contributed by atoms with Gasteiger partial charge in [0, 0.05) is 10.5 Å². The Balaban J connectivity index is 1.80. The first-order valence-electron chi connectivity index (χ1n) is 7.16. The van der Waals surface area contributed by atoms with Crippen LogP contribution in [0.25, 0.3) is 0 Å². The second-order valence-corrected chi connectivity index (χ2v) is 5.95. The van der Waals surface area contributed by atoms with Crippen LogP contribution in [0.1, 0.15) is 11.1 Å². The molecule has 0 aliphatic rings. The highest BCUT2D eigenvalue weighted by Crippen LogP contribution is 2.29. The first kappa shape index (κ1) is 18.9. The summed E-state index contributed by atoms with van der Waals surface area (Å²) in [5.74, 6) is 4.70.